The Labute approximate surface area is 97.8 Å². The summed E-state index contributed by atoms with van der Waals surface area (Å²) in [6, 6.07) is 0. The normalized spacial score (nSPS) is 27.4. The third kappa shape index (κ3) is 3.76. The van der Waals surface area contributed by atoms with Crippen molar-refractivity contribution < 1.29 is 9.90 Å². The molecule has 0 spiro atoms. The fraction of sp³-hybridized carbons (Fsp3) is 0.917. The molecule has 1 aliphatic heterocycles. The lowest BCUT2D eigenvalue weighted by Gasteiger charge is -2.33. The van der Waals surface area contributed by atoms with E-state index >= 15 is 0 Å². The summed E-state index contributed by atoms with van der Waals surface area (Å²) < 4.78 is 0. The summed E-state index contributed by atoms with van der Waals surface area (Å²) in [5.41, 5.74) is -0.440. The van der Waals surface area contributed by atoms with Gasteiger partial charge in [-0.3, -0.25) is 4.79 Å². The predicted molar refractivity (Wildman–Crippen MR) is 64.2 cm³/mol. The largest absolute Gasteiger partial charge is 0.391 e. The molecular formula is C12H24N2O2. The molecule has 1 heterocycles. The molecule has 4 heteroatoms. The molecule has 1 fully saturated rings. The predicted octanol–water partition coefficient (Wildman–Crippen LogP) is 0.796. The lowest BCUT2D eigenvalue weighted by molar-refractivity contribution is -0.128. The van der Waals surface area contributed by atoms with Crippen molar-refractivity contribution in [2.24, 2.45) is 0 Å². The van der Waals surface area contributed by atoms with Gasteiger partial charge in [-0.2, -0.15) is 0 Å². The van der Waals surface area contributed by atoms with Crippen LogP contribution in [0.25, 0.3) is 0 Å². The van der Waals surface area contributed by atoms with E-state index in [0.29, 0.717) is 6.54 Å². The molecule has 16 heavy (non-hydrogen) atoms. The van der Waals surface area contributed by atoms with Gasteiger partial charge in [0.05, 0.1) is 11.6 Å². The zero-order valence-corrected chi connectivity index (χ0v) is 10.4. The number of hydrogen-bond acceptors (Lipinski definition) is 3. The van der Waals surface area contributed by atoms with Crippen LogP contribution in [0.4, 0.5) is 0 Å². The van der Waals surface area contributed by atoms with Gasteiger partial charge in [-0.1, -0.05) is 13.3 Å². The maximum Gasteiger partial charge on any atom is 0.240 e. The van der Waals surface area contributed by atoms with Crippen LogP contribution >= 0.6 is 0 Å². The summed E-state index contributed by atoms with van der Waals surface area (Å²) in [7, 11) is 0. The zero-order valence-electron chi connectivity index (χ0n) is 10.4. The summed E-state index contributed by atoms with van der Waals surface area (Å²) >= 11 is 0. The molecular weight excluding hydrogens is 204 g/mol. The minimum absolute atomic E-state index is 0.0161. The van der Waals surface area contributed by atoms with Crippen LogP contribution in [-0.2, 0) is 4.79 Å². The van der Waals surface area contributed by atoms with Gasteiger partial charge >= 0.3 is 0 Å². The van der Waals surface area contributed by atoms with E-state index in [1.165, 1.54) is 0 Å². The molecule has 4 nitrogen and oxygen atoms in total. The van der Waals surface area contributed by atoms with E-state index in [0.717, 1.165) is 38.6 Å². The van der Waals surface area contributed by atoms with Crippen molar-refractivity contribution in [1.29, 1.82) is 0 Å². The molecule has 2 atom stereocenters. The highest BCUT2D eigenvalue weighted by molar-refractivity contribution is 5.85. The lowest BCUT2D eigenvalue weighted by Crippen LogP contribution is -2.57. The SMILES string of the molecule is CCCC(O)CNC(=O)C1(C)CCCCN1. The van der Waals surface area contributed by atoms with E-state index in [9.17, 15) is 9.90 Å². The molecule has 0 bridgehead atoms. The van der Waals surface area contributed by atoms with Gasteiger partial charge in [-0.05, 0) is 39.2 Å². The molecule has 0 aromatic rings. The van der Waals surface area contributed by atoms with Crippen LogP contribution in [0.3, 0.4) is 0 Å². The van der Waals surface area contributed by atoms with E-state index in [2.05, 4.69) is 10.6 Å². The molecule has 0 saturated carbocycles. The molecule has 0 aliphatic carbocycles. The highest BCUT2D eigenvalue weighted by Gasteiger charge is 2.33. The average Bonchev–Trinajstić information content (AvgIpc) is 2.27. The second-order valence-electron chi connectivity index (χ2n) is 4.87. The number of rotatable bonds is 5. The Bertz CT molecular complexity index is 225. The van der Waals surface area contributed by atoms with Crippen LogP contribution in [0, 0.1) is 0 Å². The van der Waals surface area contributed by atoms with E-state index in [-0.39, 0.29) is 5.91 Å². The molecule has 1 rings (SSSR count). The van der Waals surface area contributed by atoms with E-state index in [4.69, 9.17) is 0 Å². The van der Waals surface area contributed by atoms with Gasteiger partial charge < -0.3 is 15.7 Å². The van der Waals surface area contributed by atoms with Crippen molar-refractivity contribution in [3.05, 3.63) is 0 Å². The number of amides is 1. The van der Waals surface area contributed by atoms with Crippen molar-refractivity contribution in [3.8, 4) is 0 Å². The monoisotopic (exact) mass is 228 g/mol. The zero-order chi connectivity index (χ0) is 12.0. The first-order valence-electron chi connectivity index (χ1n) is 6.30. The minimum atomic E-state index is -0.440. The Hall–Kier alpha value is -0.610. The molecule has 3 N–H and O–H groups in total. The summed E-state index contributed by atoms with van der Waals surface area (Å²) in [5.74, 6) is 0.0161. The average molecular weight is 228 g/mol. The Morgan fingerprint density at radius 1 is 1.56 bits per heavy atom. The highest BCUT2D eigenvalue weighted by Crippen LogP contribution is 2.18. The summed E-state index contributed by atoms with van der Waals surface area (Å²) in [4.78, 5) is 11.9. The van der Waals surface area contributed by atoms with E-state index in [1.807, 2.05) is 13.8 Å². The second-order valence-corrected chi connectivity index (χ2v) is 4.87. The molecule has 94 valence electrons. The van der Waals surface area contributed by atoms with E-state index in [1.54, 1.807) is 0 Å². The Morgan fingerprint density at radius 3 is 2.88 bits per heavy atom. The summed E-state index contributed by atoms with van der Waals surface area (Å²) in [6.07, 6.45) is 4.37. The highest BCUT2D eigenvalue weighted by atomic mass is 16.3. The third-order valence-electron chi connectivity index (χ3n) is 3.24. The van der Waals surface area contributed by atoms with Gasteiger partial charge in [-0.15, -0.1) is 0 Å². The van der Waals surface area contributed by atoms with Crippen LogP contribution < -0.4 is 10.6 Å². The second kappa shape index (κ2) is 6.21. The van der Waals surface area contributed by atoms with Gasteiger partial charge in [0, 0.05) is 6.54 Å². The number of carbonyl (C=O) groups excluding carboxylic acids is 1. The van der Waals surface area contributed by atoms with Crippen LogP contribution in [0.5, 0.6) is 0 Å². The fourth-order valence-electron chi connectivity index (χ4n) is 2.09. The fourth-order valence-corrected chi connectivity index (χ4v) is 2.09. The van der Waals surface area contributed by atoms with Gasteiger partial charge in [-0.25, -0.2) is 0 Å². The third-order valence-corrected chi connectivity index (χ3v) is 3.24. The van der Waals surface area contributed by atoms with Crippen molar-refractivity contribution >= 4 is 5.91 Å². The maximum absolute atomic E-state index is 11.9. The van der Waals surface area contributed by atoms with Crippen LogP contribution in [0.1, 0.15) is 46.0 Å². The number of aliphatic hydroxyl groups excluding tert-OH is 1. The smallest absolute Gasteiger partial charge is 0.240 e. The molecule has 0 radical (unpaired) electrons. The topological polar surface area (TPSA) is 61.4 Å². The quantitative estimate of drug-likeness (QED) is 0.652. The number of aliphatic hydroxyl groups is 1. The van der Waals surface area contributed by atoms with Crippen LogP contribution in [0.15, 0.2) is 0 Å². The molecule has 1 aliphatic rings. The maximum atomic E-state index is 11.9. The molecule has 1 amide bonds. The van der Waals surface area contributed by atoms with Crippen molar-refractivity contribution in [3.63, 3.8) is 0 Å². The van der Waals surface area contributed by atoms with Crippen molar-refractivity contribution in [2.75, 3.05) is 13.1 Å². The van der Waals surface area contributed by atoms with Crippen LogP contribution in [0.2, 0.25) is 0 Å². The van der Waals surface area contributed by atoms with Crippen molar-refractivity contribution in [1.82, 2.24) is 10.6 Å². The first kappa shape index (κ1) is 13.5. The van der Waals surface area contributed by atoms with Gasteiger partial charge in [0.25, 0.3) is 0 Å². The Balaban J connectivity index is 2.33. The number of nitrogens with one attached hydrogen (secondary N) is 2. The van der Waals surface area contributed by atoms with Gasteiger partial charge in [0.1, 0.15) is 0 Å². The Morgan fingerprint density at radius 2 is 2.31 bits per heavy atom. The van der Waals surface area contributed by atoms with Gasteiger partial charge in [0.15, 0.2) is 0 Å². The summed E-state index contributed by atoms with van der Waals surface area (Å²) in [5, 5.41) is 15.6. The Kier molecular flexibility index (Phi) is 5.22. The first-order chi connectivity index (χ1) is 7.58. The number of piperidine rings is 1. The lowest BCUT2D eigenvalue weighted by atomic mass is 9.90. The molecule has 0 aromatic carbocycles. The molecule has 1 saturated heterocycles. The number of carbonyl (C=O) groups is 1. The minimum Gasteiger partial charge on any atom is -0.391 e. The van der Waals surface area contributed by atoms with Crippen molar-refractivity contribution in [2.45, 2.75) is 57.6 Å². The first-order valence-corrected chi connectivity index (χ1v) is 6.30. The van der Waals surface area contributed by atoms with Gasteiger partial charge in [0.2, 0.25) is 5.91 Å². The molecule has 2 unspecified atom stereocenters. The van der Waals surface area contributed by atoms with Crippen LogP contribution in [-0.4, -0.2) is 35.7 Å². The van der Waals surface area contributed by atoms with E-state index < -0.39 is 11.6 Å². The molecule has 0 aromatic heterocycles. The standard InChI is InChI=1S/C12H24N2O2/c1-3-6-10(15)9-13-11(16)12(2)7-4-5-8-14-12/h10,14-15H,3-9H2,1-2H3,(H,13,16). The number of hydrogen-bond donors (Lipinski definition) is 3. The summed E-state index contributed by atoms with van der Waals surface area (Å²) in [6.45, 7) is 5.23.